The van der Waals surface area contributed by atoms with E-state index in [0.29, 0.717) is 33.0 Å². The summed E-state index contributed by atoms with van der Waals surface area (Å²) in [7, 11) is 0. The molecule has 6 rings (SSSR count). The minimum atomic E-state index is -1.25. The maximum Gasteiger partial charge on any atom is 0.238 e. The highest BCUT2D eigenvalue weighted by atomic mass is 35.5. The molecular formula is C33H30Cl2N2O4. The van der Waals surface area contributed by atoms with Crippen molar-refractivity contribution in [2.45, 2.75) is 43.6 Å². The van der Waals surface area contributed by atoms with Gasteiger partial charge in [0.2, 0.25) is 11.8 Å². The number of piperidine rings is 1. The molecule has 4 unspecified atom stereocenters. The van der Waals surface area contributed by atoms with Crippen molar-refractivity contribution in [1.29, 1.82) is 0 Å². The number of benzene rings is 3. The summed E-state index contributed by atoms with van der Waals surface area (Å²) in [5.41, 5.74) is 2.23. The molecule has 3 N–H and O–H groups in total. The third-order valence-electron chi connectivity index (χ3n) is 8.45. The number of anilines is 1. The van der Waals surface area contributed by atoms with Crippen LogP contribution in [0, 0.1) is 23.7 Å². The minimum absolute atomic E-state index is 0.0561. The molecule has 2 fully saturated rings. The van der Waals surface area contributed by atoms with Crippen molar-refractivity contribution in [3.63, 3.8) is 0 Å². The Labute approximate surface area is 249 Å². The van der Waals surface area contributed by atoms with Crippen molar-refractivity contribution in [2.24, 2.45) is 11.8 Å². The predicted molar refractivity (Wildman–Crippen MR) is 159 cm³/mol. The van der Waals surface area contributed by atoms with E-state index in [-0.39, 0.29) is 37.4 Å². The van der Waals surface area contributed by atoms with Gasteiger partial charge >= 0.3 is 0 Å². The molecule has 1 saturated heterocycles. The Hall–Kier alpha value is -3.50. The number of nitrogens with one attached hydrogen (secondary N) is 2. The first kappa shape index (κ1) is 27.7. The van der Waals surface area contributed by atoms with E-state index in [4.69, 9.17) is 27.9 Å². The van der Waals surface area contributed by atoms with Crippen molar-refractivity contribution < 1.29 is 19.4 Å². The molecule has 4 atom stereocenters. The van der Waals surface area contributed by atoms with E-state index in [2.05, 4.69) is 29.4 Å². The Kier molecular flexibility index (Phi) is 7.46. The molecule has 3 aromatic rings. The van der Waals surface area contributed by atoms with E-state index in [1.165, 1.54) is 12.8 Å². The molecule has 41 heavy (non-hydrogen) atoms. The molecule has 0 bridgehead atoms. The molecule has 3 aliphatic rings. The van der Waals surface area contributed by atoms with Gasteiger partial charge in [0.15, 0.2) is 0 Å². The number of ether oxygens (including phenoxy) is 1. The van der Waals surface area contributed by atoms with Crippen LogP contribution in [0.2, 0.25) is 10.0 Å². The smallest absolute Gasteiger partial charge is 0.238 e. The number of hydrogen-bond donors (Lipinski definition) is 3. The number of carbonyl (C=O) groups is 2. The van der Waals surface area contributed by atoms with Crippen LogP contribution in [0.1, 0.15) is 60.4 Å². The average molecular weight is 590 g/mol. The van der Waals surface area contributed by atoms with Crippen molar-refractivity contribution in [2.75, 3.05) is 18.5 Å². The summed E-state index contributed by atoms with van der Waals surface area (Å²) >= 11 is 12.8. The van der Waals surface area contributed by atoms with Crippen molar-refractivity contribution in [1.82, 2.24) is 5.32 Å². The lowest BCUT2D eigenvalue weighted by molar-refractivity contribution is -0.131. The fraction of sp³-hybridized carbons (Fsp3) is 0.333. The van der Waals surface area contributed by atoms with Gasteiger partial charge in [-0.1, -0.05) is 60.2 Å². The molecule has 2 aliphatic heterocycles. The molecule has 8 heteroatoms. The molecule has 6 nitrogen and oxygen atoms in total. The van der Waals surface area contributed by atoms with E-state index in [1.807, 2.05) is 36.4 Å². The van der Waals surface area contributed by atoms with Gasteiger partial charge in [-0.05, 0) is 72.4 Å². The highest BCUT2D eigenvalue weighted by Crippen LogP contribution is 2.58. The van der Waals surface area contributed by atoms with Gasteiger partial charge in [-0.2, -0.15) is 0 Å². The van der Waals surface area contributed by atoms with Gasteiger partial charge in [-0.15, -0.1) is 0 Å². The summed E-state index contributed by atoms with van der Waals surface area (Å²) in [6, 6.07) is 17.4. The van der Waals surface area contributed by atoms with Crippen LogP contribution in [0.4, 0.5) is 5.69 Å². The first-order chi connectivity index (χ1) is 19.8. The number of halogens is 2. The zero-order valence-electron chi connectivity index (χ0n) is 22.5. The van der Waals surface area contributed by atoms with Gasteiger partial charge < -0.3 is 20.5 Å². The number of rotatable bonds is 6. The third kappa shape index (κ3) is 5.08. The Morgan fingerprint density at radius 2 is 1.88 bits per heavy atom. The van der Waals surface area contributed by atoms with E-state index in [1.54, 1.807) is 24.3 Å². The molecular weight excluding hydrogens is 559 g/mol. The molecule has 0 aromatic heterocycles. The van der Waals surface area contributed by atoms with Crippen LogP contribution in [0.15, 0.2) is 60.7 Å². The average Bonchev–Trinajstić information content (AvgIpc) is 3.77. The monoisotopic (exact) mass is 588 g/mol. The Morgan fingerprint density at radius 3 is 2.63 bits per heavy atom. The lowest BCUT2D eigenvalue weighted by Crippen LogP contribution is -2.57. The summed E-state index contributed by atoms with van der Waals surface area (Å²) in [6.45, 7) is 2.01. The largest absolute Gasteiger partial charge is 0.491 e. The lowest BCUT2D eigenvalue weighted by Gasteiger charge is -2.46. The van der Waals surface area contributed by atoms with Crippen LogP contribution in [0.25, 0.3) is 0 Å². The second-order valence-corrected chi connectivity index (χ2v) is 11.9. The lowest BCUT2D eigenvalue weighted by atomic mass is 9.59. The van der Waals surface area contributed by atoms with Gasteiger partial charge in [-0.3, -0.25) is 9.59 Å². The summed E-state index contributed by atoms with van der Waals surface area (Å²) in [4.78, 5) is 27.8. The SMILES string of the molecule is CC(C#Cc1ccc(OCCO)c(C2NC(=O)CC(c3cccc(Cl)c3)C23C(=O)Nc2cc(Cl)ccc23)c1)C1CC1. The van der Waals surface area contributed by atoms with Crippen molar-refractivity contribution >= 4 is 40.7 Å². The molecule has 210 valence electrons. The molecule has 2 heterocycles. The van der Waals surface area contributed by atoms with Crippen LogP contribution in [-0.4, -0.2) is 30.1 Å². The Bertz CT molecular complexity index is 1590. The highest BCUT2D eigenvalue weighted by molar-refractivity contribution is 6.31. The number of amides is 2. The number of hydrogen-bond acceptors (Lipinski definition) is 4. The normalized spacial score (nSPS) is 23.7. The molecule has 3 aromatic carbocycles. The van der Waals surface area contributed by atoms with E-state index >= 15 is 0 Å². The number of carbonyl (C=O) groups excluding carboxylic acids is 2. The van der Waals surface area contributed by atoms with E-state index in [9.17, 15) is 14.7 Å². The molecule has 1 spiro atoms. The zero-order chi connectivity index (χ0) is 28.7. The van der Waals surface area contributed by atoms with Crippen LogP contribution < -0.4 is 15.4 Å². The van der Waals surface area contributed by atoms with E-state index in [0.717, 1.165) is 16.7 Å². The van der Waals surface area contributed by atoms with Crippen LogP contribution in [-0.2, 0) is 15.0 Å². The summed E-state index contributed by atoms with van der Waals surface area (Å²) < 4.78 is 5.99. The molecule has 0 radical (unpaired) electrons. The van der Waals surface area contributed by atoms with Gasteiger partial charge in [0, 0.05) is 45.1 Å². The first-order valence-electron chi connectivity index (χ1n) is 13.9. The minimum Gasteiger partial charge on any atom is -0.491 e. The zero-order valence-corrected chi connectivity index (χ0v) is 24.1. The van der Waals surface area contributed by atoms with Crippen LogP contribution in [0.3, 0.4) is 0 Å². The quantitative estimate of drug-likeness (QED) is 0.308. The fourth-order valence-corrected chi connectivity index (χ4v) is 6.69. The highest BCUT2D eigenvalue weighted by Gasteiger charge is 2.61. The summed E-state index contributed by atoms with van der Waals surface area (Å²) in [5.74, 6) is 7.06. The number of fused-ring (bicyclic) bond motifs is 2. The van der Waals surface area contributed by atoms with Gasteiger partial charge in [0.25, 0.3) is 0 Å². The first-order valence-corrected chi connectivity index (χ1v) is 14.6. The van der Waals surface area contributed by atoms with Gasteiger partial charge in [-0.25, -0.2) is 0 Å². The standard InChI is InChI=1S/C33H30Cl2N2O4/c1-19(21-8-9-21)5-6-20-7-12-29(41-14-13-38)25(15-20)31-33(26-11-10-24(35)17-28(26)36-32(33)40)27(18-30(39)37-31)22-3-2-4-23(34)16-22/h2-4,7,10-12,15-17,19,21,27,31,38H,8-9,13-14,18H2,1H3,(H,36,40)(H,37,39). The predicted octanol–water partition coefficient (Wildman–Crippen LogP) is 6.00. The maximum atomic E-state index is 14.3. The van der Waals surface area contributed by atoms with Crippen LogP contribution >= 0.6 is 23.2 Å². The third-order valence-corrected chi connectivity index (χ3v) is 8.92. The van der Waals surface area contributed by atoms with E-state index < -0.39 is 17.4 Å². The van der Waals surface area contributed by atoms with Crippen molar-refractivity contribution in [3.05, 3.63) is 93.0 Å². The van der Waals surface area contributed by atoms with Gasteiger partial charge in [0.1, 0.15) is 17.8 Å². The second-order valence-electron chi connectivity index (χ2n) is 11.0. The Morgan fingerprint density at radius 1 is 1.07 bits per heavy atom. The summed E-state index contributed by atoms with van der Waals surface area (Å²) in [6.07, 6.45) is 2.49. The molecule has 2 amide bonds. The maximum absolute atomic E-state index is 14.3. The fourth-order valence-electron chi connectivity index (χ4n) is 6.32. The molecule has 1 saturated carbocycles. The van der Waals surface area contributed by atoms with Crippen molar-refractivity contribution in [3.8, 4) is 17.6 Å². The second kappa shape index (κ2) is 11.1. The van der Waals surface area contributed by atoms with Crippen LogP contribution in [0.5, 0.6) is 5.75 Å². The number of aliphatic hydroxyl groups excluding tert-OH is 1. The Balaban J connectivity index is 1.57. The van der Waals surface area contributed by atoms with Gasteiger partial charge in [0.05, 0.1) is 12.6 Å². The molecule has 1 aliphatic carbocycles. The summed E-state index contributed by atoms with van der Waals surface area (Å²) in [5, 5.41) is 16.7. The topological polar surface area (TPSA) is 87.7 Å². The number of aliphatic hydroxyl groups is 1.